The fourth-order valence-electron chi connectivity index (χ4n) is 1.70. The van der Waals surface area contributed by atoms with Crippen LogP contribution in [0.15, 0.2) is 65.4 Å². The van der Waals surface area contributed by atoms with Gasteiger partial charge in [0.1, 0.15) is 6.33 Å². The molecular formula is C15H12ClN5S. The second kappa shape index (κ2) is 7.20. The molecule has 0 radical (unpaired) electrons. The summed E-state index contributed by atoms with van der Waals surface area (Å²) in [7, 11) is 0. The van der Waals surface area contributed by atoms with Crippen molar-refractivity contribution >= 4 is 29.6 Å². The predicted octanol–water partition coefficient (Wildman–Crippen LogP) is 3.50. The van der Waals surface area contributed by atoms with Crippen LogP contribution in [0.3, 0.4) is 0 Å². The van der Waals surface area contributed by atoms with Crippen molar-refractivity contribution < 1.29 is 0 Å². The van der Waals surface area contributed by atoms with E-state index in [1.807, 2.05) is 36.4 Å². The quantitative estimate of drug-likeness (QED) is 0.531. The van der Waals surface area contributed by atoms with Crippen LogP contribution in [0.4, 0.5) is 0 Å². The zero-order valence-electron chi connectivity index (χ0n) is 11.5. The number of pyridine rings is 1. The molecule has 3 aromatic rings. The summed E-state index contributed by atoms with van der Waals surface area (Å²) < 4.78 is 1.65. The van der Waals surface area contributed by atoms with E-state index in [0.717, 1.165) is 21.5 Å². The molecule has 0 aliphatic rings. The molecule has 0 unspecified atom stereocenters. The van der Waals surface area contributed by atoms with Gasteiger partial charge in [0.05, 0.1) is 6.21 Å². The third kappa shape index (κ3) is 3.93. The molecule has 0 fully saturated rings. The van der Waals surface area contributed by atoms with Crippen LogP contribution in [0.1, 0.15) is 11.1 Å². The van der Waals surface area contributed by atoms with Gasteiger partial charge in [0, 0.05) is 28.7 Å². The maximum atomic E-state index is 5.88. The lowest BCUT2D eigenvalue weighted by Gasteiger charge is -2.01. The fraction of sp³-hybridized carbons (Fsp3) is 0.0667. The lowest BCUT2D eigenvalue weighted by Crippen LogP contribution is -1.93. The van der Waals surface area contributed by atoms with Gasteiger partial charge in [-0.1, -0.05) is 41.6 Å². The fourth-order valence-corrected chi connectivity index (χ4v) is 2.65. The molecule has 7 heteroatoms. The van der Waals surface area contributed by atoms with Crippen LogP contribution < -0.4 is 0 Å². The average molecular weight is 330 g/mol. The molecule has 2 heterocycles. The molecule has 1 aromatic carbocycles. The molecule has 0 saturated carbocycles. The first-order chi connectivity index (χ1) is 10.8. The van der Waals surface area contributed by atoms with E-state index in [4.69, 9.17) is 11.6 Å². The van der Waals surface area contributed by atoms with Crippen LogP contribution >= 0.6 is 23.4 Å². The minimum absolute atomic E-state index is 0.732. The number of hydrogen-bond donors (Lipinski definition) is 0. The third-order valence-corrected chi connectivity index (χ3v) is 4.05. The van der Waals surface area contributed by atoms with Gasteiger partial charge in [0.25, 0.3) is 0 Å². The van der Waals surface area contributed by atoms with Gasteiger partial charge >= 0.3 is 0 Å². The Morgan fingerprint density at radius 2 is 2.09 bits per heavy atom. The van der Waals surface area contributed by atoms with Crippen LogP contribution in [0.2, 0.25) is 5.02 Å². The molecule has 0 aliphatic carbocycles. The van der Waals surface area contributed by atoms with Crippen molar-refractivity contribution in [3.8, 4) is 0 Å². The van der Waals surface area contributed by atoms with Crippen molar-refractivity contribution in [1.82, 2.24) is 19.9 Å². The zero-order chi connectivity index (χ0) is 15.2. The Balaban J connectivity index is 1.67. The number of halogens is 1. The van der Waals surface area contributed by atoms with Gasteiger partial charge in [-0.2, -0.15) is 9.78 Å². The average Bonchev–Trinajstić information content (AvgIpc) is 3.01. The second-order valence-electron chi connectivity index (χ2n) is 4.40. The Morgan fingerprint density at radius 3 is 2.86 bits per heavy atom. The molecule has 5 nitrogen and oxygen atoms in total. The molecule has 0 aliphatic heterocycles. The molecule has 0 amide bonds. The van der Waals surface area contributed by atoms with Crippen LogP contribution in [0.5, 0.6) is 0 Å². The Morgan fingerprint density at radius 1 is 1.23 bits per heavy atom. The first kappa shape index (κ1) is 14.7. The summed E-state index contributed by atoms with van der Waals surface area (Å²) in [5.41, 5.74) is 2.09. The van der Waals surface area contributed by atoms with E-state index >= 15 is 0 Å². The van der Waals surface area contributed by atoms with Crippen molar-refractivity contribution in [2.75, 3.05) is 0 Å². The van der Waals surface area contributed by atoms with Gasteiger partial charge in [0.15, 0.2) is 0 Å². The standard InChI is InChI=1S/C15H12ClN5S/c16-14-5-3-12(4-6-14)10-22-15-20-18-11-21(15)19-9-13-2-1-7-17-8-13/h1-9,11H,10H2/b19-9+. The Bertz CT molecular complexity index is 755. The summed E-state index contributed by atoms with van der Waals surface area (Å²) in [6.45, 7) is 0. The van der Waals surface area contributed by atoms with Gasteiger partial charge < -0.3 is 0 Å². The molecule has 110 valence electrons. The van der Waals surface area contributed by atoms with Gasteiger partial charge in [-0.25, -0.2) is 0 Å². The smallest absolute Gasteiger partial charge is 0.212 e. The molecular weight excluding hydrogens is 318 g/mol. The summed E-state index contributed by atoms with van der Waals surface area (Å²) in [4.78, 5) is 4.04. The summed E-state index contributed by atoms with van der Waals surface area (Å²) >= 11 is 7.44. The zero-order valence-corrected chi connectivity index (χ0v) is 13.1. The SMILES string of the molecule is Clc1ccc(CSc2nncn2/N=C/c2cccnc2)cc1. The van der Waals surface area contributed by atoms with E-state index in [1.165, 1.54) is 5.56 Å². The number of benzene rings is 1. The lowest BCUT2D eigenvalue weighted by atomic mass is 10.2. The van der Waals surface area contributed by atoms with E-state index in [9.17, 15) is 0 Å². The molecule has 0 spiro atoms. The van der Waals surface area contributed by atoms with Crippen molar-refractivity contribution in [3.05, 3.63) is 71.3 Å². The maximum absolute atomic E-state index is 5.88. The van der Waals surface area contributed by atoms with Crippen molar-refractivity contribution in [2.45, 2.75) is 10.9 Å². The summed E-state index contributed by atoms with van der Waals surface area (Å²) in [5.74, 6) is 0.776. The predicted molar refractivity (Wildman–Crippen MR) is 88.3 cm³/mol. The number of rotatable bonds is 5. The highest BCUT2D eigenvalue weighted by Gasteiger charge is 2.04. The highest BCUT2D eigenvalue weighted by Crippen LogP contribution is 2.21. The van der Waals surface area contributed by atoms with Crippen LogP contribution in [0.25, 0.3) is 0 Å². The second-order valence-corrected chi connectivity index (χ2v) is 5.78. The molecule has 3 rings (SSSR count). The lowest BCUT2D eigenvalue weighted by molar-refractivity contribution is 0.767. The molecule has 0 atom stereocenters. The number of aromatic nitrogens is 4. The Hall–Kier alpha value is -2.18. The Kier molecular flexibility index (Phi) is 4.82. The van der Waals surface area contributed by atoms with E-state index < -0.39 is 0 Å². The maximum Gasteiger partial charge on any atom is 0.212 e. The van der Waals surface area contributed by atoms with Crippen molar-refractivity contribution in [3.63, 3.8) is 0 Å². The van der Waals surface area contributed by atoms with Gasteiger partial charge in [-0.3, -0.25) is 4.98 Å². The molecule has 0 bridgehead atoms. The summed E-state index contributed by atoms with van der Waals surface area (Å²) in [6.07, 6.45) is 6.78. The summed E-state index contributed by atoms with van der Waals surface area (Å²) in [6, 6.07) is 11.5. The molecule has 0 saturated heterocycles. The first-order valence-electron chi connectivity index (χ1n) is 6.53. The van der Waals surface area contributed by atoms with Gasteiger partial charge in [0.2, 0.25) is 5.16 Å². The highest BCUT2D eigenvalue weighted by molar-refractivity contribution is 7.98. The minimum atomic E-state index is 0.732. The Labute approximate surface area is 137 Å². The van der Waals surface area contributed by atoms with Crippen molar-refractivity contribution in [2.24, 2.45) is 5.10 Å². The number of hydrogen-bond acceptors (Lipinski definition) is 5. The first-order valence-corrected chi connectivity index (χ1v) is 7.89. The monoisotopic (exact) mass is 329 g/mol. The van der Waals surface area contributed by atoms with Crippen LogP contribution in [0, 0.1) is 0 Å². The normalized spacial score (nSPS) is 11.1. The number of thioether (sulfide) groups is 1. The molecule has 22 heavy (non-hydrogen) atoms. The topological polar surface area (TPSA) is 56.0 Å². The van der Waals surface area contributed by atoms with E-state index in [0.29, 0.717) is 0 Å². The van der Waals surface area contributed by atoms with Crippen LogP contribution in [-0.2, 0) is 5.75 Å². The van der Waals surface area contributed by atoms with E-state index in [1.54, 1.807) is 41.4 Å². The molecule has 2 aromatic heterocycles. The van der Waals surface area contributed by atoms with E-state index in [-0.39, 0.29) is 0 Å². The minimum Gasteiger partial charge on any atom is -0.264 e. The van der Waals surface area contributed by atoms with Gasteiger partial charge in [-0.05, 0) is 23.8 Å². The third-order valence-electron chi connectivity index (χ3n) is 2.80. The largest absolute Gasteiger partial charge is 0.264 e. The van der Waals surface area contributed by atoms with Crippen molar-refractivity contribution in [1.29, 1.82) is 0 Å². The number of nitrogens with zero attached hydrogens (tertiary/aromatic N) is 5. The highest BCUT2D eigenvalue weighted by atomic mass is 35.5. The van der Waals surface area contributed by atoms with Gasteiger partial charge in [-0.15, -0.1) is 10.2 Å². The summed E-state index contributed by atoms with van der Waals surface area (Å²) in [5, 5.41) is 13.8. The molecule has 0 N–H and O–H groups in total. The van der Waals surface area contributed by atoms with Crippen LogP contribution in [-0.4, -0.2) is 26.1 Å². The van der Waals surface area contributed by atoms with E-state index in [2.05, 4.69) is 20.3 Å².